The summed E-state index contributed by atoms with van der Waals surface area (Å²) < 4.78 is 29.3. The highest BCUT2D eigenvalue weighted by atomic mass is 19.1. The number of para-hydroxylation sites is 4. The smallest absolute Gasteiger partial charge is 0.229 e. The van der Waals surface area contributed by atoms with Crippen LogP contribution in [0.5, 0.6) is 5.75 Å². The van der Waals surface area contributed by atoms with E-state index in [0.717, 1.165) is 33.0 Å². The number of hydrogen-bond acceptors (Lipinski definition) is 7. The molecule has 0 fully saturated rings. The van der Waals surface area contributed by atoms with Crippen LogP contribution in [0.15, 0.2) is 129 Å². The van der Waals surface area contributed by atoms with Crippen molar-refractivity contribution in [3.63, 3.8) is 0 Å². The summed E-state index contributed by atoms with van der Waals surface area (Å²) in [5, 5.41) is 22.2. The molecule has 0 spiro atoms. The van der Waals surface area contributed by atoms with Gasteiger partial charge in [-0.3, -0.25) is 4.99 Å². The van der Waals surface area contributed by atoms with Crippen molar-refractivity contribution < 1.29 is 18.3 Å². The molecule has 9 heteroatoms. The average molecular weight is 672 g/mol. The Kier molecular flexibility index (Phi) is 6.86. The zero-order chi connectivity index (χ0) is 34.9. The molecule has 0 aliphatic heterocycles. The Morgan fingerprint density at radius 3 is 2.41 bits per heavy atom. The van der Waals surface area contributed by atoms with E-state index in [1.165, 1.54) is 12.1 Å². The van der Waals surface area contributed by atoms with Crippen LogP contribution in [-0.4, -0.2) is 31.3 Å². The van der Waals surface area contributed by atoms with E-state index >= 15 is 4.39 Å². The second kappa shape index (κ2) is 11.5. The quantitative estimate of drug-likeness (QED) is 0.183. The van der Waals surface area contributed by atoms with Crippen LogP contribution >= 0.6 is 0 Å². The Morgan fingerprint density at radius 1 is 0.765 bits per heavy atom. The summed E-state index contributed by atoms with van der Waals surface area (Å²) in [5.74, 6) is -0.157. The molecule has 0 amide bonds. The van der Waals surface area contributed by atoms with Crippen LogP contribution in [-0.2, 0) is 5.41 Å². The molecule has 3 aromatic heterocycles. The van der Waals surface area contributed by atoms with E-state index in [0.29, 0.717) is 50.3 Å². The van der Waals surface area contributed by atoms with Crippen LogP contribution in [0, 0.1) is 5.82 Å². The molecule has 8 nitrogen and oxygen atoms in total. The standard InChI is InChI=1S/C42H30FN5O3/c1-42(2,3)25-19-24(39(49)35(20-25)48-34-17-8-7-16-33(34)46-47-48)23-44-32-15-6-4-12-30(32)41-45-38-31(21-26(43)22-37(38)51-41)29-14-10-13-28-27-11-5-9-18-36(27)50-40(28)29/h4-23,49H,1-3H3. The minimum absolute atomic E-state index is 0.0154. The number of fused-ring (bicyclic) bond motifs is 5. The highest BCUT2D eigenvalue weighted by Crippen LogP contribution is 2.41. The predicted octanol–water partition coefficient (Wildman–Crippen LogP) is 10.7. The Morgan fingerprint density at radius 2 is 1.53 bits per heavy atom. The zero-order valence-electron chi connectivity index (χ0n) is 27.9. The van der Waals surface area contributed by atoms with Crippen LogP contribution in [0.4, 0.5) is 10.1 Å². The molecule has 51 heavy (non-hydrogen) atoms. The highest BCUT2D eigenvalue weighted by Gasteiger charge is 2.22. The zero-order valence-corrected chi connectivity index (χ0v) is 27.9. The van der Waals surface area contributed by atoms with Crippen LogP contribution in [0.1, 0.15) is 31.9 Å². The minimum Gasteiger partial charge on any atom is -0.505 e. The normalized spacial score (nSPS) is 12.3. The van der Waals surface area contributed by atoms with E-state index < -0.39 is 5.82 Å². The number of halogens is 1. The molecule has 0 aliphatic carbocycles. The third kappa shape index (κ3) is 5.13. The number of benzene rings is 6. The molecule has 248 valence electrons. The summed E-state index contributed by atoms with van der Waals surface area (Å²) in [6, 6.07) is 35.3. The molecular weight excluding hydrogens is 641 g/mol. The first-order valence-electron chi connectivity index (χ1n) is 16.6. The van der Waals surface area contributed by atoms with Gasteiger partial charge in [-0.2, -0.15) is 0 Å². The van der Waals surface area contributed by atoms with Gasteiger partial charge in [-0.15, -0.1) is 5.10 Å². The lowest BCUT2D eigenvalue weighted by Gasteiger charge is -2.21. The van der Waals surface area contributed by atoms with Crippen LogP contribution < -0.4 is 0 Å². The van der Waals surface area contributed by atoms with Gasteiger partial charge in [0, 0.05) is 39.7 Å². The maximum absolute atomic E-state index is 15.2. The summed E-state index contributed by atoms with van der Waals surface area (Å²) >= 11 is 0. The number of rotatable bonds is 5. The van der Waals surface area contributed by atoms with Crippen molar-refractivity contribution >= 4 is 56.0 Å². The van der Waals surface area contributed by atoms with Gasteiger partial charge < -0.3 is 13.9 Å². The van der Waals surface area contributed by atoms with Crippen LogP contribution in [0.2, 0.25) is 0 Å². The fourth-order valence-corrected chi connectivity index (χ4v) is 6.56. The first-order chi connectivity index (χ1) is 24.7. The summed E-state index contributed by atoms with van der Waals surface area (Å²) in [7, 11) is 0. The van der Waals surface area contributed by atoms with Gasteiger partial charge in [-0.05, 0) is 59.5 Å². The number of aliphatic imine (C=N–C) groups is 1. The van der Waals surface area contributed by atoms with Gasteiger partial charge in [0.05, 0.1) is 16.8 Å². The number of phenolic OH excluding ortho intramolecular Hbond substituents is 1. The van der Waals surface area contributed by atoms with Crippen molar-refractivity contribution in [3.05, 3.63) is 132 Å². The Balaban J connectivity index is 1.16. The number of aromatic hydroxyl groups is 1. The summed E-state index contributed by atoms with van der Waals surface area (Å²) in [5.41, 5.74) is 7.87. The molecule has 0 aliphatic rings. The van der Waals surface area contributed by atoms with Gasteiger partial charge in [-0.1, -0.05) is 86.6 Å². The summed E-state index contributed by atoms with van der Waals surface area (Å²) in [6.07, 6.45) is 1.63. The van der Waals surface area contributed by atoms with Gasteiger partial charge >= 0.3 is 0 Å². The van der Waals surface area contributed by atoms with Crippen molar-refractivity contribution in [2.75, 3.05) is 0 Å². The van der Waals surface area contributed by atoms with Gasteiger partial charge in [0.2, 0.25) is 5.89 Å². The number of furan rings is 1. The lowest BCUT2D eigenvalue weighted by Crippen LogP contribution is -2.13. The van der Waals surface area contributed by atoms with E-state index in [2.05, 4.69) is 31.1 Å². The first kappa shape index (κ1) is 30.4. The molecule has 9 aromatic rings. The van der Waals surface area contributed by atoms with Crippen LogP contribution in [0.25, 0.3) is 72.3 Å². The third-order valence-corrected chi connectivity index (χ3v) is 9.20. The topological polar surface area (TPSA) is 102 Å². The van der Waals surface area contributed by atoms with E-state index in [1.54, 1.807) is 10.9 Å². The summed E-state index contributed by atoms with van der Waals surface area (Å²) in [6.45, 7) is 6.33. The monoisotopic (exact) mass is 671 g/mol. The van der Waals surface area contributed by atoms with Crippen molar-refractivity contribution in [1.29, 1.82) is 0 Å². The number of aromatic nitrogens is 4. The van der Waals surface area contributed by atoms with E-state index in [-0.39, 0.29) is 17.1 Å². The molecule has 0 saturated heterocycles. The number of phenols is 1. The first-order valence-corrected chi connectivity index (χ1v) is 16.6. The number of nitrogens with zero attached hydrogens (tertiary/aromatic N) is 5. The third-order valence-electron chi connectivity index (χ3n) is 9.20. The minimum atomic E-state index is -0.454. The Hall–Kier alpha value is -6.61. The second-order valence-corrected chi connectivity index (χ2v) is 13.5. The second-order valence-electron chi connectivity index (χ2n) is 13.5. The SMILES string of the molecule is CC(C)(C)c1cc(C=Nc2ccccc2-c2nc3c(-c4cccc5c4oc4ccccc45)cc(F)cc3o2)c(O)c(-n2nnc3ccccc32)c1. The number of hydrogen-bond donors (Lipinski definition) is 1. The molecule has 0 unspecified atom stereocenters. The average Bonchev–Trinajstić information content (AvgIpc) is 3.86. The van der Waals surface area contributed by atoms with Gasteiger partial charge in [0.25, 0.3) is 0 Å². The maximum atomic E-state index is 15.2. The Labute approximate surface area is 291 Å². The van der Waals surface area contributed by atoms with Crippen molar-refractivity contribution in [3.8, 4) is 34.0 Å². The van der Waals surface area contributed by atoms with Crippen molar-refractivity contribution in [2.45, 2.75) is 26.2 Å². The predicted molar refractivity (Wildman–Crippen MR) is 199 cm³/mol. The van der Waals surface area contributed by atoms with Crippen molar-refractivity contribution in [1.82, 2.24) is 20.0 Å². The molecular formula is C42H30FN5O3. The van der Waals surface area contributed by atoms with Crippen LogP contribution in [0.3, 0.4) is 0 Å². The fourth-order valence-electron chi connectivity index (χ4n) is 6.56. The Bertz CT molecular complexity index is 2840. The molecule has 0 bridgehead atoms. The van der Waals surface area contributed by atoms with E-state index in [9.17, 15) is 5.11 Å². The van der Waals surface area contributed by atoms with E-state index in [4.69, 9.17) is 18.8 Å². The molecule has 0 atom stereocenters. The summed E-state index contributed by atoms with van der Waals surface area (Å²) in [4.78, 5) is 9.74. The van der Waals surface area contributed by atoms with E-state index in [1.807, 2.05) is 103 Å². The molecule has 1 N–H and O–H groups in total. The van der Waals surface area contributed by atoms with Gasteiger partial charge in [0.1, 0.15) is 39.5 Å². The lowest BCUT2D eigenvalue weighted by atomic mass is 9.85. The molecule has 0 saturated carbocycles. The molecule has 6 aromatic carbocycles. The maximum Gasteiger partial charge on any atom is 0.229 e. The van der Waals surface area contributed by atoms with Gasteiger partial charge in [0.15, 0.2) is 5.58 Å². The van der Waals surface area contributed by atoms with Gasteiger partial charge in [-0.25, -0.2) is 14.1 Å². The fraction of sp³-hybridized carbons (Fsp3) is 0.0952. The number of oxazole rings is 1. The largest absolute Gasteiger partial charge is 0.505 e. The highest BCUT2D eigenvalue weighted by molar-refractivity contribution is 6.11. The molecule has 9 rings (SSSR count). The molecule has 3 heterocycles. The lowest BCUT2D eigenvalue weighted by molar-refractivity contribution is 0.468. The van der Waals surface area contributed by atoms with Crippen molar-refractivity contribution in [2.24, 2.45) is 4.99 Å². The molecule has 0 radical (unpaired) electrons.